The lowest BCUT2D eigenvalue weighted by Crippen LogP contribution is -2.34. The summed E-state index contributed by atoms with van der Waals surface area (Å²) in [5.74, 6) is 1.79. The number of hydrogen-bond donors (Lipinski definition) is 3. The van der Waals surface area contributed by atoms with Gasteiger partial charge < -0.3 is 15.6 Å². The summed E-state index contributed by atoms with van der Waals surface area (Å²) < 4.78 is 0. The van der Waals surface area contributed by atoms with Crippen molar-refractivity contribution in [2.45, 2.75) is 26.2 Å². The Morgan fingerprint density at radius 1 is 1.22 bits per heavy atom. The van der Waals surface area contributed by atoms with Crippen molar-refractivity contribution >= 4 is 22.6 Å². The molecule has 2 atom stereocenters. The van der Waals surface area contributed by atoms with E-state index >= 15 is 0 Å². The molecule has 2 aromatic carbocycles. The van der Waals surface area contributed by atoms with Gasteiger partial charge in [0.15, 0.2) is 0 Å². The number of nitrogens with one attached hydrogen (secondary N) is 3. The number of fused-ring (bicyclic) bond motifs is 1. The fraction of sp³-hybridized carbons (Fsp3) is 0.364. The van der Waals surface area contributed by atoms with Crippen LogP contribution in [0.2, 0.25) is 0 Å². The first-order valence-corrected chi connectivity index (χ1v) is 9.75. The van der Waals surface area contributed by atoms with E-state index in [0.717, 1.165) is 41.2 Å². The number of nitrogens with zero attached hydrogens (tertiary/aromatic N) is 1. The van der Waals surface area contributed by atoms with Crippen molar-refractivity contribution in [2.75, 3.05) is 18.4 Å². The fourth-order valence-corrected chi connectivity index (χ4v) is 3.90. The Balaban J connectivity index is 1.50. The molecule has 0 spiro atoms. The van der Waals surface area contributed by atoms with Crippen molar-refractivity contribution in [1.82, 2.24) is 15.3 Å². The number of amides is 1. The molecule has 5 nitrogen and oxygen atoms in total. The third-order valence-electron chi connectivity index (χ3n) is 5.49. The first-order chi connectivity index (χ1) is 13.2. The van der Waals surface area contributed by atoms with Crippen LogP contribution in [0.3, 0.4) is 0 Å². The molecule has 0 radical (unpaired) electrons. The molecule has 3 aromatic rings. The van der Waals surface area contributed by atoms with Crippen LogP contribution in [0.1, 0.15) is 26.2 Å². The van der Waals surface area contributed by atoms with E-state index in [0.29, 0.717) is 18.3 Å². The number of anilines is 1. The third-order valence-corrected chi connectivity index (χ3v) is 5.49. The monoisotopic (exact) mass is 362 g/mol. The van der Waals surface area contributed by atoms with Gasteiger partial charge in [-0.1, -0.05) is 31.2 Å². The van der Waals surface area contributed by atoms with E-state index in [1.807, 2.05) is 48.5 Å². The van der Waals surface area contributed by atoms with Gasteiger partial charge in [-0.05, 0) is 62.0 Å². The zero-order valence-electron chi connectivity index (χ0n) is 15.7. The summed E-state index contributed by atoms with van der Waals surface area (Å²) in [6.45, 7) is 4.30. The molecule has 27 heavy (non-hydrogen) atoms. The fourth-order valence-electron chi connectivity index (χ4n) is 3.90. The number of piperidine rings is 1. The number of rotatable bonds is 5. The number of aromatic nitrogens is 2. The minimum absolute atomic E-state index is 0.0663. The second-order valence-corrected chi connectivity index (χ2v) is 7.48. The van der Waals surface area contributed by atoms with Gasteiger partial charge in [-0.2, -0.15) is 0 Å². The average Bonchev–Trinajstić information content (AvgIpc) is 3.13. The normalized spacial score (nSPS) is 18.3. The Bertz CT molecular complexity index is 894. The minimum atomic E-state index is 0.0663. The SMILES string of the molecule is CC(CC(=O)Nc1ccccc1-c1nc2ccccc2[nH]1)C1CCCNC1. The number of carbonyl (C=O) groups is 1. The maximum atomic E-state index is 12.7. The van der Waals surface area contributed by atoms with Crippen LogP contribution < -0.4 is 10.6 Å². The van der Waals surface area contributed by atoms with Crippen molar-refractivity contribution in [3.63, 3.8) is 0 Å². The first kappa shape index (κ1) is 17.7. The van der Waals surface area contributed by atoms with E-state index in [2.05, 4.69) is 27.5 Å². The predicted octanol–water partition coefficient (Wildman–Crippen LogP) is 4.19. The van der Waals surface area contributed by atoms with E-state index in [9.17, 15) is 4.79 Å². The molecule has 4 rings (SSSR count). The number of imidazole rings is 1. The Morgan fingerprint density at radius 3 is 2.85 bits per heavy atom. The van der Waals surface area contributed by atoms with Gasteiger partial charge in [0.2, 0.25) is 5.91 Å². The van der Waals surface area contributed by atoms with E-state index in [4.69, 9.17) is 0 Å². The van der Waals surface area contributed by atoms with Crippen LogP contribution in [-0.4, -0.2) is 29.0 Å². The zero-order chi connectivity index (χ0) is 18.6. The average molecular weight is 362 g/mol. The van der Waals surface area contributed by atoms with Gasteiger partial charge in [0.05, 0.1) is 16.7 Å². The van der Waals surface area contributed by atoms with Crippen molar-refractivity contribution in [1.29, 1.82) is 0 Å². The van der Waals surface area contributed by atoms with Crippen molar-refractivity contribution in [3.8, 4) is 11.4 Å². The van der Waals surface area contributed by atoms with Crippen LogP contribution in [0, 0.1) is 11.8 Å². The van der Waals surface area contributed by atoms with Gasteiger partial charge in [0, 0.05) is 12.0 Å². The Labute approximate surface area is 159 Å². The largest absolute Gasteiger partial charge is 0.338 e. The predicted molar refractivity (Wildman–Crippen MR) is 110 cm³/mol. The topological polar surface area (TPSA) is 69.8 Å². The summed E-state index contributed by atoms with van der Waals surface area (Å²) in [7, 11) is 0. The summed E-state index contributed by atoms with van der Waals surface area (Å²) in [6.07, 6.45) is 2.95. The highest BCUT2D eigenvalue weighted by molar-refractivity contribution is 5.95. The molecule has 2 unspecified atom stereocenters. The van der Waals surface area contributed by atoms with E-state index in [1.54, 1.807) is 0 Å². The van der Waals surface area contributed by atoms with Gasteiger partial charge in [-0.3, -0.25) is 4.79 Å². The highest BCUT2D eigenvalue weighted by Gasteiger charge is 2.22. The summed E-state index contributed by atoms with van der Waals surface area (Å²) in [6, 6.07) is 15.8. The molecule has 1 amide bonds. The smallest absolute Gasteiger partial charge is 0.224 e. The van der Waals surface area contributed by atoms with Gasteiger partial charge in [-0.25, -0.2) is 4.98 Å². The lowest BCUT2D eigenvalue weighted by Gasteiger charge is -2.28. The van der Waals surface area contributed by atoms with Gasteiger partial charge in [0.25, 0.3) is 0 Å². The Kier molecular flexibility index (Phi) is 5.21. The van der Waals surface area contributed by atoms with Crippen LogP contribution in [0.25, 0.3) is 22.4 Å². The molecule has 1 fully saturated rings. The standard InChI is InChI=1S/C22H26N4O/c1-15(16-7-6-12-23-14-16)13-21(27)24-18-9-3-2-8-17(18)22-25-19-10-4-5-11-20(19)26-22/h2-5,8-11,15-16,23H,6-7,12-14H2,1H3,(H,24,27)(H,25,26). The molecular weight excluding hydrogens is 336 g/mol. The second-order valence-electron chi connectivity index (χ2n) is 7.48. The number of aromatic amines is 1. The molecular formula is C22H26N4O. The molecule has 5 heteroatoms. The van der Waals surface area contributed by atoms with Crippen LogP contribution in [0.5, 0.6) is 0 Å². The molecule has 1 aliphatic heterocycles. The second kappa shape index (κ2) is 7.92. The molecule has 0 saturated carbocycles. The molecule has 1 aliphatic rings. The first-order valence-electron chi connectivity index (χ1n) is 9.75. The Hall–Kier alpha value is -2.66. The van der Waals surface area contributed by atoms with E-state index in [1.165, 1.54) is 12.8 Å². The number of carbonyl (C=O) groups excluding carboxylic acids is 1. The molecule has 1 aromatic heterocycles. The summed E-state index contributed by atoms with van der Waals surface area (Å²) >= 11 is 0. The van der Waals surface area contributed by atoms with Crippen LogP contribution >= 0.6 is 0 Å². The number of hydrogen-bond acceptors (Lipinski definition) is 3. The summed E-state index contributed by atoms with van der Waals surface area (Å²) in [5.41, 5.74) is 3.63. The lowest BCUT2D eigenvalue weighted by atomic mass is 9.85. The number of para-hydroxylation sites is 3. The molecule has 140 valence electrons. The van der Waals surface area contributed by atoms with Crippen LogP contribution in [0.4, 0.5) is 5.69 Å². The highest BCUT2D eigenvalue weighted by Crippen LogP contribution is 2.28. The van der Waals surface area contributed by atoms with Gasteiger partial charge in [-0.15, -0.1) is 0 Å². The maximum Gasteiger partial charge on any atom is 0.224 e. The molecule has 3 N–H and O–H groups in total. The molecule has 0 bridgehead atoms. The van der Waals surface area contributed by atoms with E-state index in [-0.39, 0.29) is 5.91 Å². The van der Waals surface area contributed by atoms with Gasteiger partial charge in [0.1, 0.15) is 5.82 Å². The third kappa shape index (κ3) is 4.03. The molecule has 1 saturated heterocycles. The highest BCUT2D eigenvalue weighted by atomic mass is 16.1. The zero-order valence-corrected chi connectivity index (χ0v) is 15.7. The quantitative estimate of drug-likeness (QED) is 0.637. The van der Waals surface area contributed by atoms with Crippen LogP contribution in [-0.2, 0) is 4.79 Å². The summed E-state index contributed by atoms with van der Waals surface area (Å²) in [5, 5.41) is 6.54. The number of benzene rings is 2. The summed E-state index contributed by atoms with van der Waals surface area (Å²) in [4.78, 5) is 20.7. The van der Waals surface area contributed by atoms with Crippen molar-refractivity contribution < 1.29 is 4.79 Å². The molecule has 0 aliphatic carbocycles. The minimum Gasteiger partial charge on any atom is -0.338 e. The van der Waals surface area contributed by atoms with Gasteiger partial charge >= 0.3 is 0 Å². The van der Waals surface area contributed by atoms with Crippen molar-refractivity contribution in [3.05, 3.63) is 48.5 Å². The maximum absolute atomic E-state index is 12.7. The number of H-pyrrole nitrogens is 1. The van der Waals surface area contributed by atoms with Crippen LogP contribution in [0.15, 0.2) is 48.5 Å². The van der Waals surface area contributed by atoms with E-state index < -0.39 is 0 Å². The Morgan fingerprint density at radius 2 is 2.04 bits per heavy atom. The molecule has 2 heterocycles. The lowest BCUT2D eigenvalue weighted by molar-refractivity contribution is -0.117. The van der Waals surface area contributed by atoms with Crippen molar-refractivity contribution in [2.24, 2.45) is 11.8 Å².